The molecular formula is C10H22S. The van der Waals surface area contributed by atoms with Crippen molar-refractivity contribution in [3.63, 3.8) is 0 Å². The standard InChI is InChI=1S/C10H22S/c1-3-5-6-7-9-10(11)8-4-2/h10-11H,3-9H2,1-2H3. The molecule has 0 nitrogen and oxygen atoms in total. The van der Waals surface area contributed by atoms with Crippen molar-refractivity contribution in [1.29, 1.82) is 0 Å². The summed E-state index contributed by atoms with van der Waals surface area (Å²) < 4.78 is 0. The largest absolute Gasteiger partial charge is 0.176 e. The van der Waals surface area contributed by atoms with Gasteiger partial charge in [-0.3, -0.25) is 0 Å². The Bertz CT molecular complexity index is 71.3. The molecule has 0 aromatic heterocycles. The van der Waals surface area contributed by atoms with Gasteiger partial charge in [0.15, 0.2) is 0 Å². The summed E-state index contributed by atoms with van der Waals surface area (Å²) in [5.74, 6) is 0. The van der Waals surface area contributed by atoms with Crippen LogP contribution in [0.25, 0.3) is 0 Å². The van der Waals surface area contributed by atoms with E-state index in [1.54, 1.807) is 0 Å². The highest BCUT2D eigenvalue weighted by Gasteiger charge is 1.99. The lowest BCUT2D eigenvalue weighted by atomic mass is 10.1. The second-order valence-corrected chi connectivity index (χ2v) is 4.02. The maximum atomic E-state index is 4.51. The summed E-state index contributed by atoms with van der Waals surface area (Å²) in [4.78, 5) is 0. The van der Waals surface area contributed by atoms with Crippen LogP contribution in [0.3, 0.4) is 0 Å². The van der Waals surface area contributed by atoms with Crippen molar-refractivity contribution in [3.05, 3.63) is 0 Å². The Morgan fingerprint density at radius 2 is 1.64 bits per heavy atom. The lowest BCUT2D eigenvalue weighted by Gasteiger charge is -2.07. The molecule has 1 heteroatoms. The van der Waals surface area contributed by atoms with Gasteiger partial charge in [0.1, 0.15) is 0 Å². The Morgan fingerprint density at radius 3 is 2.18 bits per heavy atom. The molecule has 1 unspecified atom stereocenters. The van der Waals surface area contributed by atoms with E-state index in [4.69, 9.17) is 0 Å². The fraction of sp³-hybridized carbons (Fsp3) is 1.00. The molecule has 0 aliphatic heterocycles. The van der Waals surface area contributed by atoms with Crippen LogP contribution in [0.5, 0.6) is 0 Å². The Labute approximate surface area is 77.2 Å². The quantitative estimate of drug-likeness (QED) is 0.437. The Kier molecular flexibility index (Phi) is 8.72. The van der Waals surface area contributed by atoms with E-state index in [9.17, 15) is 0 Å². The number of hydrogen-bond donors (Lipinski definition) is 1. The van der Waals surface area contributed by atoms with Crippen LogP contribution >= 0.6 is 12.6 Å². The van der Waals surface area contributed by atoms with Gasteiger partial charge in [-0.1, -0.05) is 46.0 Å². The van der Waals surface area contributed by atoms with Crippen LogP contribution < -0.4 is 0 Å². The molecule has 0 rings (SSSR count). The molecule has 11 heavy (non-hydrogen) atoms. The fourth-order valence-electron chi connectivity index (χ4n) is 1.28. The molecule has 0 saturated heterocycles. The molecule has 0 aromatic carbocycles. The average molecular weight is 174 g/mol. The van der Waals surface area contributed by atoms with Crippen molar-refractivity contribution in [3.8, 4) is 0 Å². The summed E-state index contributed by atoms with van der Waals surface area (Å²) in [6, 6.07) is 0. The van der Waals surface area contributed by atoms with Gasteiger partial charge in [0, 0.05) is 5.25 Å². The first-order valence-corrected chi connectivity index (χ1v) is 5.51. The summed E-state index contributed by atoms with van der Waals surface area (Å²) in [6.45, 7) is 4.49. The third kappa shape index (κ3) is 8.25. The highest BCUT2D eigenvalue weighted by atomic mass is 32.1. The lowest BCUT2D eigenvalue weighted by molar-refractivity contribution is 0.597. The van der Waals surface area contributed by atoms with E-state index in [1.165, 1.54) is 44.9 Å². The van der Waals surface area contributed by atoms with Gasteiger partial charge in [-0.15, -0.1) is 0 Å². The van der Waals surface area contributed by atoms with E-state index < -0.39 is 0 Å². The van der Waals surface area contributed by atoms with E-state index in [-0.39, 0.29) is 0 Å². The fourth-order valence-corrected chi connectivity index (χ4v) is 1.73. The smallest absolute Gasteiger partial charge is 0.00167 e. The molecular weight excluding hydrogens is 152 g/mol. The second kappa shape index (κ2) is 8.45. The first kappa shape index (κ1) is 11.4. The van der Waals surface area contributed by atoms with E-state index in [0.29, 0.717) is 5.25 Å². The van der Waals surface area contributed by atoms with Crippen molar-refractivity contribution >= 4 is 12.6 Å². The van der Waals surface area contributed by atoms with Gasteiger partial charge in [-0.2, -0.15) is 12.6 Å². The highest BCUT2D eigenvalue weighted by Crippen LogP contribution is 2.13. The Morgan fingerprint density at radius 1 is 0.909 bits per heavy atom. The minimum absolute atomic E-state index is 0.664. The van der Waals surface area contributed by atoms with Crippen molar-refractivity contribution in [2.24, 2.45) is 0 Å². The van der Waals surface area contributed by atoms with Gasteiger partial charge in [0.2, 0.25) is 0 Å². The van der Waals surface area contributed by atoms with Crippen molar-refractivity contribution in [2.45, 2.75) is 64.0 Å². The molecule has 1 atom stereocenters. The summed E-state index contributed by atoms with van der Waals surface area (Å²) in [5, 5.41) is 0.664. The van der Waals surface area contributed by atoms with E-state index >= 15 is 0 Å². The number of rotatable bonds is 7. The first-order chi connectivity index (χ1) is 5.31. The summed E-state index contributed by atoms with van der Waals surface area (Å²) in [6.07, 6.45) is 9.39. The molecule has 0 aliphatic rings. The van der Waals surface area contributed by atoms with E-state index in [1.807, 2.05) is 0 Å². The molecule has 0 N–H and O–H groups in total. The number of thiol groups is 1. The molecule has 0 saturated carbocycles. The zero-order valence-corrected chi connectivity index (χ0v) is 8.87. The molecule has 0 radical (unpaired) electrons. The first-order valence-electron chi connectivity index (χ1n) is 4.99. The van der Waals surface area contributed by atoms with Crippen LogP contribution in [0.2, 0.25) is 0 Å². The van der Waals surface area contributed by atoms with Crippen molar-refractivity contribution < 1.29 is 0 Å². The van der Waals surface area contributed by atoms with Gasteiger partial charge in [0.05, 0.1) is 0 Å². The average Bonchev–Trinajstić information content (AvgIpc) is 1.99. The normalized spacial score (nSPS) is 13.4. The third-order valence-electron chi connectivity index (χ3n) is 2.01. The van der Waals surface area contributed by atoms with Crippen LogP contribution in [-0.4, -0.2) is 5.25 Å². The highest BCUT2D eigenvalue weighted by molar-refractivity contribution is 7.80. The maximum Gasteiger partial charge on any atom is 0.00167 e. The van der Waals surface area contributed by atoms with Gasteiger partial charge < -0.3 is 0 Å². The monoisotopic (exact) mass is 174 g/mol. The van der Waals surface area contributed by atoms with E-state index in [0.717, 1.165) is 0 Å². The molecule has 0 aromatic rings. The molecule has 0 bridgehead atoms. The summed E-state index contributed by atoms with van der Waals surface area (Å²) in [5.41, 5.74) is 0. The van der Waals surface area contributed by atoms with Crippen LogP contribution in [0.1, 0.15) is 58.8 Å². The zero-order valence-electron chi connectivity index (χ0n) is 7.97. The topological polar surface area (TPSA) is 0 Å². The van der Waals surface area contributed by atoms with E-state index in [2.05, 4.69) is 26.5 Å². The number of unbranched alkanes of at least 4 members (excludes halogenated alkanes) is 3. The summed E-state index contributed by atoms with van der Waals surface area (Å²) in [7, 11) is 0. The minimum Gasteiger partial charge on any atom is -0.176 e. The number of hydrogen-bond acceptors (Lipinski definition) is 1. The Hall–Kier alpha value is 0.350. The van der Waals surface area contributed by atoms with Gasteiger partial charge >= 0.3 is 0 Å². The van der Waals surface area contributed by atoms with Gasteiger partial charge in [0.25, 0.3) is 0 Å². The van der Waals surface area contributed by atoms with Gasteiger partial charge in [-0.05, 0) is 12.8 Å². The van der Waals surface area contributed by atoms with Crippen LogP contribution in [0, 0.1) is 0 Å². The molecule has 68 valence electrons. The summed E-state index contributed by atoms with van der Waals surface area (Å²) >= 11 is 4.51. The Balaban J connectivity index is 2.97. The molecule has 0 spiro atoms. The third-order valence-corrected chi connectivity index (χ3v) is 2.53. The van der Waals surface area contributed by atoms with Crippen LogP contribution in [-0.2, 0) is 0 Å². The minimum atomic E-state index is 0.664. The SMILES string of the molecule is CCCCCCC(S)CCC. The molecule has 0 amide bonds. The van der Waals surface area contributed by atoms with Crippen LogP contribution in [0.4, 0.5) is 0 Å². The predicted octanol–water partition coefficient (Wildman–Crippen LogP) is 4.06. The van der Waals surface area contributed by atoms with Gasteiger partial charge in [-0.25, -0.2) is 0 Å². The zero-order chi connectivity index (χ0) is 8.53. The van der Waals surface area contributed by atoms with Crippen molar-refractivity contribution in [2.75, 3.05) is 0 Å². The second-order valence-electron chi connectivity index (χ2n) is 3.29. The maximum absolute atomic E-state index is 4.51. The van der Waals surface area contributed by atoms with Crippen molar-refractivity contribution in [1.82, 2.24) is 0 Å². The molecule has 0 heterocycles. The van der Waals surface area contributed by atoms with Crippen LogP contribution in [0.15, 0.2) is 0 Å². The molecule has 0 fully saturated rings. The lowest BCUT2D eigenvalue weighted by Crippen LogP contribution is -1.97. The predicted molar refractivity (Wildman–Crippen MR) is 56.4 cm³/mol. The molecule has 0 aliphatic carbocycles.